The van der Waals surface area contributed by atoms with Crippen molar-refractivity contribution in [2.75, 3.05) is 19.0 Å². The lowest BCUT2D eigenvalue weighted by Crippen LogP contribution is -2.22. The predicted octanol–water partition coefficient (Wildman–Crippen LogP) is 3.57. The van der Waals surface area contributed by atoms with Crippen LogP contribution in [0.5, 0.6) is 11.5 Å². The van der Waals surface area contributed by atoms with Gasteiger partial charge in [0.25, 0.3) is 0 Å². The van der Waals surface area contributed by atoms with E-state index >= 15 is 0 Å². The van der Waals surface area contributed by atoms with Crippen molar-refractivity contribution in [2.45, 2.75) is 13.0 Å². The summed E-state index contributed by atoms with van der Waals surface area (Å²) in [5.74, 6) is 1.73. The van der Waals surface area contributed by atoms with Crippen LogP contribution in [0.1, 0.15) is 6.92 Å². The Morgan fingerprint density at radius 2 is 1.68 bits per heavy atom. The number of benzene rings is 2. The molecule has 2 aromatic rings. The minimum absolute atomic E-state index is 0.0762. The van der Waals surface area contributed by atoms with Crippen LogP contribution in [0, 0.1) is 0 Å². The lowest BCUT2D eigenvalue weighted by molar-refractivity contribution is 0.234. The number of ether oxygens (including phenoxy) is 2. The van der Waals surface area contributed by atoms with Gasteiger partial charge in [-0.15, -0.1) is 0 Å². The van der Waals surface area contributed by atoms with Crippen LogP contribution in [-0.2, 0) is 0 Å². The van der Waals surface area contributed by atoms with E-state index in [9.17, 15) is 0 Å². The van der Waals surface area contributed by atoms with E-state index in [0.717, 1.165) is 23.7 Å². The highest BCUT2D eigenvalue weighted by Crippen LogP contribution is 2.23. The fourth-order valence-electron chi connectivity index (χ4n) is 1.82. The number of rotatable bonds is 6. The largest absolute Gasteiger partial charge is 0.495 e. The quantitative estimate of drug-likeness (QED) is 0.858. The molecule has 1 N–H and O–H groups in total. The number of hydrogen-bond donors (Lipinski definition) is 1. The molecule has 1 unspecified atom stereocenters. The molecular weight excluding hydrogens is 238 g/mol. The molecule has 0 bridgehead atoms. The average molecular weight is 257 g/mol. The van der Waals surface area contributed by atoms with Crippen LogP contribution in [0.4, 0.5) is 5.69 Å². The van der Waals surface area contributed by atoms with Crippen molar-refractivity contribution < 1.29 is 9.47 Å². The van der Waals surface area contributed by atoms with Crippen molar-refractivity contribution in [2.24, 2.45) is 0 Å². The molecule has 0 saturated carbocycles. The van der Waals surface area contributed by atoms with Crippen LogP contribution in [0.2, 0.25) is 0 Å². The Kier molecular flexibility index (Phi) is 4.67. The highest BCUT2D eigenvalue weighted by atomic mass is 16.5. The molecule has 3 heteroatoms. The summed E-state index contributed by atoms with van der Waals surface area (Å²) in [7, 11) is 1.67. The van der Waals surface area contributed by atoms with E-state index in [1.54, 1.807) is 7.11 Å². The van der Waals surface area contributed by atoms with Crippen molar-refractivity contribution >= 4 is 5.69 Å². The summed E-state index contributed by atoms with van der Waals surface area (Å²) in [6.07, 6.45) is 0.0762. The predicted molar refractivity (Wildman–Crippen MR) is 78.0 cm³/mol. The van der Waals surface area contributed by atoms with Crippen LogP contribution >= 0.6 is 0 Å². The van der Waals surface area contributed by atoms with Crippen molar-refractivity contribution in [3.05, 3.63) is 54.6 Å². The van der Waals surface area contributed by atoms with Crippen LogP contribution in [0.25, 0.3) is 0 Å². The van der Waals surface area contributed by atoms with Crippen LogP contribution in [0.15, 0.2) is 54.6 Å². The van der Waals surface area contributed by atoms with Gasteiger partial charge in [0.2, 0.25) is 0 Å². The first-order valence-electron chi connectivity index (χ1n) is 6.38. The zero-order valence-corrected chi connectivity index (χ0v) is 11.3. The average Bonchev–Trinajstić information content (AvgIpc) is 2.46. The Morgan fingerprint density at radius 1 is 1.00 bits per heavy atom. The topological polar surface area (TPSA) is 30.5 Å². The monoisotopic (exact) mass is 257 g/mol. The van der Waals surface area contributed by atoms with Gasteiger partial charge in [-0.2, -0.15) is 0 Å². The number of hydrogen-bond acceptors (Lipinski definition) is 3. The molecule has 3 nitrogen and oxygen atoms in total. The van der Waals surface area contributed by atoms with Gasteiger partial charge in [-0.05, 0) is 31.2 Å². The molecule has 0 amide bonds. The number of anilines is 1. The lowest BCUT2D eigenvalue weighted by Gasteiger charge is -2.17. The zero-order chi connectivity index (χ0) is 13.5. The Morgan fingerprint density at radius 3 is 2.42 bits per heavy atom. The van der Waals surface area contributed by atoms with Crippen LogP contribution in [-0.4, -0.2) is 19.8 Å². The first-order chi connectivity index (χ1) is 9.29. The van der Waals surface area contributed by atoms with E-state index in [4.69, 9.17) is 9.47 Å². The maximum absolute atomic E-state index is 5.81. The molecule has 0 aromatic heterocycles. The Bertz CT molecular complexity index is 499. The Labute approximate surface area is 114 Å². The van der Waals surface area contributed by atoms with Crippen molar-refractivity contribution in [1.29, 1.82) is 0 Å². The summed E-state index contributed by atoms with van der Waals surface area (Å²) >= 11 is 0. The highest BCUT2D eigenvalue weighted by Gasteiger charge is 2.06. The lowest BCUT2D eigenvalue weighted by atomic mass is 10.2. The minimum Gasteiger partial charge on any atom is -0.495 e. The first kappa shape index (κ1) is 13.3. The first-order valence-corrected chi connectivity index (χ1v) is 6.38. The van der Waals surface area contributed by atoms with E-state index in [1.165, 1.54) is 0 Å². The molecule has 0 aliphatic carbocycles. The molecule has 0 heterocycles. The molecule has 2 rings (SSSR count). The highest BCUT2D eigenvalue weighted by molar-refractivity contribution is 5.56. The third kappa shape index (κ3) is 3.91. The van der Waals surface area contributed by atoms with E-state index in [-0.39, 0.29) is 6.10 Å². The SMILES string of the molecule is COc1ccccc1NCC(C)Oc1ccccc1. The van der Waals surface area contributed by atoms with Gasteiger partial charge in [-0.1, -0.05) is 30.3 Å². The molecule has 1 atom stereocenters. The summed E-state index contributed by atoms with van der Waals surface area (Å²) in [6.45, 7) is 2.75. The Balaban J connectivity index is 1.88. The van der Waals surface area contributed by atoms with Crippen LogP contribution < -0.4 is 14.8 Å². The Hall–Kier alpha value is -2.16. The molecular formula is C16H19NO2. The van der Waals surface area contributed by atoms with Gasteiger partial charge in [0.15, 0.2) is 0 Å². The van der Waals surface area contributed by atoms with E-state index in [0.29, 0.717) is 0 Å². The summed E-state index contributed by atoms with van der Waals surface area (Å²) in [5.41, 5.74) is 0.980. The summed E-state index contributed by atoms with van der Waals surface area (Å²) < 4.78 is 11.1. The number of nitrogens with one attached hydrogen (secondary N) is 1. The third-order valence-corrected chi connectivity index (χ3v) is 2.77. The maximum Gasteiger partial charge on any atom is 0.141 e. The molecule has 2 aromatic carbocycles. The molecule has 0 saturated heterocycles. The molecule has 0 radical (unpaired) electrons. The van der Waals surface area contributed by atoms with Crippen molar-refractivity contribution in [3.8, 4) is 11.5 Å². The summed E-state index contributed by atoms with van der Waals surface area (Å²) in [4.78, 5) is 0. The van der Waals surface area contributed by atoms with Gasteiger partial charge in [-0.3, -0.25) is 0 Å². The maximum atomic E-state index is 5.81. The summed E-state index contributed by atoms with van der Waals surface area (Å²) in [6, 6.07) is 17.7. The standard InChI is InChI=1S/C16H19NO2/c1-13(19-14-8-4-3-5-9-14)12-17-15-10-6-7-11-16(15)18-2/h3-11,13,17H,12H2,1-2H3. The molecule has 100 valence electrons. The smallest absolute Gasteiger partial charge is 0.141 e. The van der Waals surface area contributed by atoms with E-state index in [1.807, 2.05) is 61.5 Å². The van der Waals surface area contributed by atoms with Crippen molar-refractivity contribution in [1.82, 2.24) is 0 Å². The fourth-order valence-corrected chi connectivity index (χ4v) is 1.82. The third-order valence-electron chi connectivity index (χ3n) is 2.77. The minimum atomic E-state index is 0.0762. The van der Waals surface area contributed by atoms with Gasteiger partial charge in [0, 0.05) is 0 Å². The number of methoxy groups -OCH3 is 1. The fraction of sp³-hybridized carbons (Fsp3) is 0.250. The van der Waals surface area contributed by atoms with Crippen molar-refractivity contribution in [3.63, 3.8) is 0 Å². The molecule has 19 heavy (non-hydrogen) atoms. The molecule has 0 aliphatic rings. The second kappa shape index (κ2) is 6.69. The van der Waals surface area contributed by atoms with Gasteiger partial charge >= 0.3 is 0 Å². The molecule has 0 fully saturated rings. The molecule has 0 spiro atoms. The van der Waals surface area contributed by atoms with E-state index in [2.05, 4.69) is 5.32 Å². The number of para-hydroxylation sites is 3. The van der Waals surface area contributed by atoms with Gasteiger partial charge < -0.3 is 14.8 Å². The second-order valence-corrected chi connectivity index (χ2v) is 4.32. The summed E-state index contributed by atoms with van der Waals surface area (Å²) in [5, 5.41) is 3.33. The van der Waals surface area contributed by atoms with Gasteiger partial charge in [0.05, 0.1) is 19.3 Å². The van der Waals surface area contributed by atoms with Gasteiger partial charge in [-0.25, -0.2) is 0 Å². The molecule has 0 aliphatic heterocycles. The van der Waals surface area contributed by atoms with Gasteiger partial charge in [0.1, 0.15) is 17.6 Å². The van der Waals surface area contributed by atoms with Crippen LogP contribution in [0.3, 0.4) is 0 Å². The zero-order valence-electron chi connectivity index (χ0n) is 11.3. The second-order valence-electron chi connectivity index (χ2n) is 4.32. The normalized spacial score (nSPS) is 11.7. The van der Waals surface area contributed by atoms with E-state index < -0.39 is 0 Å².